The SMILES string of the molecule is CC(=O)Nc1ccc(Nc2nc(N3CC(N)CC(N)C3)nc(N3CC(N)CC(N)C3)n2)cc1[N+](=O)[O-]. The number of amides is 1. The van der Waals surface area contributed by atoms with E-state index in [0.29, 0.717) is 56.6 Å². The van der Waals surface area contributed by atoms with Crippen LogP contribution < -0.4 is 43.4 Å². The summed E-state index contributed by atoms with van der Waals surface area (Å²) in [5, 5.41) is 17.1. The predicted molar refractivity (Wildman–Crippen MR) is 136 cm³/mol. The minimum absolute atomic E-state index is 0.0858. The quantitative estimate of drug-likeness (QED) is 0.211. The van der Waals surface area contributed by atoms with Crippen molar-refractivity contribution < 1.29 is 9.72 Å². The zero-order chi connectivity index (χ0) is 26.0. The van der Waals surface area contributed by atoms with Crippen LogP contribution in [0.3, 0.4) is 0 Å². The molecule has 0 bridgehead atoms. The van der Waals surface area contributed by atoms with Crippen molar-refractivity contribution in [2.75, 3.05) is 46.6 Å². The van der Waals surface area contributed by atoms with E-state index in [0.717, 1.165) is 0 Å². The lowest BCUT2D eigenvalue weighted by Crippen LogP contribution is -2.54. The van der Waals surface area contributed by atoms with Crippen LogP contribution in [-0.4, -0.2) is 76.1 Å². The highest BCUT2D eigenvalue weighted by atomic mass is 16.6. The number of anilines is 5. The number of hydrogen-bond acceptors (Lipinski definition) is 13. The Labute approximate surface area is 207 Å². The third-order valence-electron chi connectivity index (χ3n) is 5.97. The molecule has 194 valence electrons. The lowest BCUT2D eigenvalue weighted by Gasteiger charge is -2.37. The number of nitro groups is 1. The number of benzene rings is 1. The monoisotopic (exact) mass is 500 g/mol. The summed E-state index contributed by atoms with van der Waals surface area (Å²) < 4.78 is 0. The summed E-state index contributed by atoms with van der Waals surface area (Å²) in [6.45, 7) is 3.36. The molecule has 2 aromatic rings. The van der Waals surface area contributed by atoms with Gasteiger partial charge in [-0.3, -0.25) is 14.9 Å². The number of piperidine rings is 2. The third-order valence-corrected chi connectivity index (χ3v) is 5.97. The molecule has 1 amide bonds. The van der Waals surface area contributed by atoms with E-state index >= 15 is 0 Å². The van der Waals surface area contributed by atoms with Crippen molar-refractivity contribution in [3.8, 4) is 0 Å². The number of nitrogens with two attached hydrogens (primary N) is 4. The van der Waals surface area contributed by atoms with Gasteiger partial charge in [0.2, 0.25) is 23.8 Å². The molecular weight excluding hydrogens is 468 g/mol. The molecule has 4 atom stereocenters. The van der Waals surface area contributed by atoms with Gasteiger partial charge in [0.15, 0.2) is 0 Å². The molecule has 0 radical (unpaired) electrons. The van der Waals surface area contributed by atoms with E-state index in [1.165, 1.54) is 19.1 Å². The summed E-state index contributed by atoms with van der Waals surface area (Å²) in [7, 11) is 0. The van der Waals surface area contributed by atoms with Gasteiger partial charge >= 0.3 is 0 Å². The molecule has 2 aliphatic heterocycles. The first-order chi connectivity index (χ1) is 17.1. The Morgan fingerprint density at radius 2 is 1.44 bits per heavy atom. The van der Waals surface area contributed by atoms with Crippen LogP contribution >= 0.6 is 0 Å². The Morgan fingerprint density at radius 1 is 0.944 bits per heavy atom. The second-order valence-corrected chi connectivity index (χ2v) is 9.38. The number of nitrogens with zero attached hydrogens (tertiary/aromatic N) is 6. The normalized spacial score (nSPS) is 24.4. The van der Waals surface area contributed by atoms with Gasteiger partial charge in [0.25, 0.3) is 5.69 Å². The highest BCUT2D eigenvalue weighted by molar-refractivity contribution is 5.92. The van der Waals surface area contributed by atoms with Gasteiger partial charge in [-0.15, -0.1) is 0 Å². The van der Waals surface area contributed by atoms with E-state index < -0.39 is 10.8 Å². The number of aromatic nitrogens is 3. The molecule has 1 aromatic carbocycles. The number of hydrogen-bond donors (Lipinski definition) is 6. The zero-order valence-corrected chi connectivity index (χ0v) is 20.0. The molecule has 36 heavy (non-hydrogen) atoms. The van der Waals surface area contributed by atoms with Gasteiger partial charge in [0.1, 0.15) is 5.69 Å². The lowest BCUT2D eigenvalue weighted by atomic mass is 10.0. The van der Waals surface area contributed by atoms with Crippen molar-refractivity contribution in [3.05, 3.63) is 28.3 Å². The fourth-order valence-corrected chi connectivity index (χ4v) is 4.56. The van der Waals surface area contributed by atoms with Crippen LogP contribution in [0.1, 0.15) is 19.8 Å². The molecular formula is C21H32N12O3. The predicted octanol–water partition coefficient (Wildman–Crippen LogP) is -0.789. The Balaban J connectivity index is 1.69. The average molecular weight is 501 g/mol. The Hall–Kier alpha value is -3.66. The van der Waals surface area contributed by atoms with E-state index in [1.807, 2.05) is 9.80 Å². The topological polar surface area (TPSA) is 234 Å². The fourth-order valence-electron chi connectivity index (χ4n) is 4.56. The second-order valence-electron chi connectivity index (χ2n) is 9.38. The smallest absolute Gasteiger partial charge is 0.294 e. The summed E-state index contributed by atoms with van der Waals surface area (Å²) in [5.74, 6) is 0.522. The van der Waals surface area contributed by atoms with Gasteiger partial charge in [0.05, 0.1) is 4.92 Å². The summed E-state index contributed by atoms with van der Waals surface area (Å²) in [5.41, 5.74) is 24.9. The van der Waals surface area contributed by atoms with Crippen LogP contribution in [0.25, 0.3) is 0 Å². The van der Waals surface area contributed by atoms with E-state index in [4.69, 9.17) is 22.9 Å². The van der Waals surface area contributed by atoms with E-state index in [1.54, 1.807) is 6.07 Å². The molecule has 15 nitrogen and oxygen atoms in total. The van der Waals surface area contributed by atoms with Crippen molar-refractivity contribution in [3.63, 3.8) is 0 Å². The van der Waals surface area contributed by atoms with Crippen molar-refractivity contribution >= 4 is 40.8 Å². The van der Waals surface area contributed by atoms with Gasteiger partial charge in [-0.25, -0.2) is 0 Å². The first-order valence-corrected chi connectivity index (χ1v) is 11.7. The minimum Gasteiger partial charge on any atom is -0.338 e. The maximum atomic E-state index is 11.6. The largest absolute Gasteiger partial charge is 0.338 e. The molecule has 1 aromatic heterocycles. The van der Waals surface area contributed by atoms with Crippen molar-refractivity contribution in [1.82, 2.24) is 15.0 Å². The molecule has 3 heterocycles. The molecule has 4 unspecified atom stereocenters. The highest BCUT2D eigenvalue weighted by Gasteiger charge is 2.29. The first-order valence-electron chi connectivity index (χ1n) is 11.7. The number of nitrogens with one attached hydrogen (secondary N) is 2. The number of carbonyl (C=O) groups excluding carboxylic acids is 1. The summed E-state index contributed by atoms with van der Waals surface area (Å²) >= 11 is 0. The van der Waals surface area contributed by atoms with Gasteiger partial charge in [-0.05, 0) is 25.0 Å². The lowest BCUT2D eigenvalue weighted by molar-refractivity contribution is -0.383. The summed E-state index contributed by atoms with van der Waals surface area (Å²) in [6.07, 6.45) is 1.39. The van der Waals surface area contributed by atoms with Crippen LogP contribution in [-0.2, 0) is 4.79 Å². The standard InChI is InChI=1S/C21H32N12O3/c1-11(34)26-17-3-2-16(6-18(17)33(35)36)27-19-28-20(31-7-12(22)4-13(23)8-31)30-21(29-19)32-9-14(24)5-15(25)10-32/h2-3,6,12-15H,4-5,7-10,22-25H2,1H3,(H,26,34)(H,27,28,29,30). The second kappa shape index (κ2) is 10.5. The molecule has 0 aliphatic carbocycles. The number of carbonyl (C=O) groups is 1. The van der Waals surface area contributed by atoms with Gasteiger partial charge < -0.3 is 43.4 Å². The van der Waals surface area contributed by atoms with E-state index in [9.17, 15) is 14.9 Å². The summed E-state index contributed by atoms with van der Waals surface area (Å²) in [4.78, 5) is 40.0. The average Bonchev–Trinajstić information content (AvgIpc) is 2.78. The Morgan fingerprint density at radius 3 is 1.89 bits per heavy atom. The van der Waals surface area contributed by atoms with Crippen molar-refractivity contribution in [1.29, 1.82) is 0 Å². The molecule has 0 saturated carbocycles. The third kappa shape index (κ3) is 6.12. The van der Waals surface area contributed by atoms with Gasteiger partial charge in [0, 0.05) is 69.0 Å². The maximum Gasteiger partial charge on any atom is 0.294 e. The molecule has 15 heteroatoms. The molecule has 10 N–H and O–H groups in total. The van der Waals surface area contributed by atoms with Crippen LogP contribution in [0.5, 0.6) is 0 Å². The molecule has 2 fully saturated rings. The van der Waals surface area contributed by atoms with Crippen molar-refractivity contribution in [2.24, 2.45) is 22.9 Å². The number of rotatable bonds is 6. The fraction of sp³-hybridized carbons (Fsp3) is 0.524. The van der Waals surface area contributed by atoms with Crippen LogP contribution in [0.15, 0.2) is 18.2 Å². The maximum absolute atomic E-state index is 11.6. The van der Waals surface area contributed by atoms with E-state index in [-0.39, 0.29) is 41.5 Å². The van der Waals surface area contributed by atoms with Gasteiger partial charge in [-0.1, -0.05) is 0 Å². The van der Waals surface area contributed by atoms with E-state index in [2.05, 4.69) is 25.6 Å². The Kier molecular flexibility index (Phi) is 7.44. The molecule has 2 saturated heterocycles. The van der Waals surface area contributed by atoms with Crippen LogP contribution in [0.2, 0.25) is 0 Å². The van der Waals surface area contributed by atoms with Crippen LogP contribution in [0.4, 0.5) is 34.9 Å². The molecule has 2 aliphatic rings. The first kappa shape index (κ1) is 25.4. The summed E-state index contributed by atoms with van der Waals surface area (Å²) in [6, 6.07) is 3.79. The van der Waals surface area contributed by atoms with Crippen molar-refractivity contribution in [2.45, 2.75) is 43.9 Å². The Bertz CT molecular complexity index is 1070. The molecule has 4 rings (SSSR count). The minimum atomic E-state index is -0.576. The highest BCUT2D eigenvalue weighted by Crippen LogP contribution is 2.30. The zero-order valence-electron chi connectivity index (χ0n) is 20.0. The molecule has 0 spiro atoms. The number of nitro benzene ring substituents is 1. The van der Waals surface area contributed by atoms with Crippen LogP contribution in [0, 0.1) is 10.1 Å². The van der Waals surface area contributed by atoms with Gasteiger partial charge in [-0.2, -0.15) is 15.0 Å².